The maximum absolute atomic E-state index is 13.2. The van der Waals surface area contributed by atoms with Crippen LogP contribution in [0.25, 0.3) is 0 Å². The highest BCUT2D eigenvalue weighted by atomic mass is 16.6. The van der Waals surface area contributed by atoms with Crippen molar-refractivity contribution in [2.45, 2.75) is 86.3 Å². The topological polar surface area (TPSA) is 135 Å². The molecule has 0 saturated heterocycles. The molecule has 10 nitrogen and oxygen atoms in total. The van der Waals surface area contributed by atoms with Gasteiger partial charge < -0.3 is 30.7 Å². The second-order valence-corrected chi connectivity index (χ2v) is 11.7. The fourth-order valence-corrected chi connectivity index (χ4v) is 4.15. The Morgan fingerprint density at radius 1 is 1.07 bits per heavy atom. The standard InChI is InChI=1S/C34H47N5O5/c1-9-10-20-43-33(42)38-31(35)26-13-15-28(16-14-26)36-18-11-12-27-21-25(5)29(22-24(27)4)39(23(2)3)30(40)17-19-37-32(41)44-34(6,7)8/h13-16,21-23,36H,9-10,17-20H2,1-8H3,(H,37,41)(H2,35,38,42). The van der Waals surface area contributed by atoms with Crippen LogP contribution in [-0.4, -0.2) is 55.3 Å². The largest absolute Gasteiger partial charge is 0.448 e. The number of hydrogen-bond acceptors (Lipinski definition) is 6. The molecule has 0 saturated carbocycles. The van der Waals surface area contributed by atoms with Crippen LogP contribution in [0.5, 0.6) is 0 Å². The SMILES string of the molecule is CCCCOC(=O)N=C(N)c1ccc(NCC#Cc2cc(C)c(N(C(=O)CCNC(=O)OC(C)(C)C)C(C)C)cc2C)cc1. The van der Waals surface area contributed by atoms with E-state index in [1.54, 1.807) is 37.8 Å². The molecule has 0 fully saturated rings. The Bertz CT molecular complexity index is 1380. The van der Waals surface area contributed by atoms with Crippen LogP contribution in [0.3, 0.4) is 0 Å². The summed E-state index contributed by atoms with van der Waals surface area (Å²) in [6.07, 6.45) is 0.622. The van der Waals surface area contributed by atoms with E-state index in [4.69, 9.17) is 15.2 Å². The number of aliphatic imine (C=N–C) groups is 1. The van der Waals surface area contributed by atoms with E-state index >= 15 is 0 Å². The summed E-state index contributed by atoms with van der Waals surface area (Å²) >= 11 is 0. The van der Waals surface area contributed by atoms with E-state index < -0.39 is 17.8 Å². The maximum atomic E-state index is 13.2. The monoisotopic (exact) mass is 605 g/mol. The zero-order chi connectivity index (χ0) is 32.9. The Hall–Kier alpha value is -4.52. The van der Waals surface area contributed by atoms with E-state index in [2.05, 4.69) is 27.5 Å². The van der Waals surface area contributed by atoms with Crippen LogP contribution < -0.4 is 21.3 Å². The Morgan fingerprint density at radius 2 is 1.75 bits per heavy atom. The molecule has 0 unspecified atom stereocenters. The third-order valence-electron chi connectivity index (χ3n) is 6.31. The van der Waals surface area contributed by atoms with Crippen LogP contribution in [0.4, 0.5) is 21.0 Å². The zero-order valence-electron chi connectivity index (χ0n) is 27.3. The van der Waals surface area contributed by atoms with Crippen LogP contribution in [0.15, 0.2) is 41.4 Å². The van der Waals surface area contributed by atoms with Crippen molar-refractivity contribution < 1.29 is 23.9 Å². The van der Waals surface area contributed by atoms with Crippen molar-refractivity contribution in [3.63, 3.8) is 0 Å². The molecule has 3 amide bonds. The van der Waals surface area contributed by atoms with Gasteiger partial charge in [-0.1, -0.05) is 25.2 Å². The van der Waals surface area contributed by atoms with Crippen LogP contribution in [-0.2, 0) is 14.3 Å². The lowest BCUT2D eigenvalue weighted by Gasteiger charge is -2.29. The van der Waals surface area contributed by atoms with Gasteiger partial charge in [0, 0.05) is 41.5 Å². The van der Waals surface area contributed by atoms with Gasteiger partial charge in [0.05, 0.1) is 13.2 Å². The third-order valence-corrected chi connectivity index (χ3v) is 6.31. The van der Waals surface area contributed by atoms with Crippen molar-refractivity contribution in [2.75, 3.05) is 29.9 Å². The van der Waals surface area contributed by atoms with Gasteiger partial charge >= 0.3 is 12.2 Å². The fourth-order valence-electron chi connectivity index (χ4n) is 4.15. The molecule has 2 rings (SSSR count). The number of carbonyl (C=O) groups is 3. The van der Waals surface area contributed by atoms with E-state index in [0.717, 1.165) is 40.9 Å². The lowest BCUT2D eigenvalue weighted by atomic mass is 10.0. The van der Waals surface area contributed by atoms with E-state index in [1.165, 1.54) is 0 Å². The lowest BCUT2D eigenvalue weighted by molar-refractivity contribution is -0.118. The van der Waals surface area contributed by atoms with Crippen molar-refractivity contribution in [3.05, 3.63) is 58.7 Å². The van der Waals surface area contributed by atoms with Gasteiger partial charge in [-0.25, -0.2) is 9.59 Å². The Kier molecular flexibility index (Phi) is 13.7. The highest BCUT2D eigenvalue weighted by molar-refractivity contribution is 6.03. The maximum Gasteiger partial charge on any atom is 0.435 e. The third kappa shape index (κ3) is 12.0. The first-order chi connectivity index (χ1) is 20.7. The van der Waals surface area contributed by atoms with Crippen molar-refractivity contribution >= 4 is 35.3 Å². The molecule has 0 spiro atoms. The molecule has 2 aromatic carbocycles. The van der Waals surface area contributed by atoms with Gasteiger partial charge in [0.25, 0.3) is 0 Å². The number of amidine groups is 1. The molecule has 0 radical (unpaired) electrons. The second-order valence-electron chi connectivity index (χ2n) is 11.7. The summed E-state index contributed by atoms with van der Waals surface area (Å²) < 4.78 is 10.3. The number of amides is 3. The molecular weight excluding hydrogens is 558 g/mol. The Morgan fingerprint density at radius 3 is 2.36 bits per heavy atom. The Labute approximate surface area is 261 Å². The van der Waals surface area contributed by atoms with Crippen LogP contribution in [0, 0.1) is 25.7 Å². The van der Waals surface area contributed by atoms with E-state index in [1.807, 2.05) is 58.9 Å². The van der Waals surface area contributed by atoms with E-state index in [9.17, 15) is 14.4 Å². The first kappa shape index (κ1) is 35.7. The van der Waals surface area contributed by atoms with E-state index in [0.29, 0.717) is 18.7 Å². The number of nitrogens with one attached hydrogen (secondary N) is 2. The van der Waals surface area contributed by atoms with E-state index in [-0.39, 0.29) is 30.8 Å². The van der Waals surface area contributed by atoms with Gasteiger partial charge in [0.2, 0.25) is 5.91 Å². The van der Waals surface area contributed by atoms with Crippen LogP contribution >= 0.6 is 0 Å². The predicted octanol–water partition coefficient (Wildman–Crippen LogP) is 6.07. The first-order valence-electron chi connectivity index (χ1n) is 15.0. The molecule has 10 heteroatoms. The molecule has 0 bridgehead atoms. The molecule has 0 aromatic heterocycles. The van der Waals surface area contributed by atoms with Crippen LogP contribution in [0.1, 0.15) is 83.1 Å². The number of carbonyl (C=O) groups excluding carboxylic acids is 3. The minimum Gasteiger partial charge on any atom is -0.448 e. The molecule has 0 heterocycles. The molecular formula is C34H47N5O5. The van der Waals surface area contributed by atoms with Gasteiger partial charge in [-0.05, 0) is 102 Å². The summed E-state index contributed by atoms with van der Waals surface area (Å²) in [5.41, 5.74) is 10.4. The summed E-state index contributed by atoms with van der Waals surface area (Å²) in [5, 5.41) is 5.90. The summed E-state index contributed by atoms with van der Waals surface area (Å²) in [6, 6.07) is 11.1. The molecule has 2 aromatic rings. The van der Waals surface area contributed by atoms with Crippen molar-refractivity contribution in [1.29, 1.82) is 0 Å². The molecule has 238 valence electrons. The summed E-state index contributed by atoms with van der Waals surface area (Å²) in [4.78, 5) is 42.4. The minimum atomic E-state index is -0.692. The van der Waals surface area contributed by atoms with Gasteiger partial charge in [-0.2, -0.15) is 4.99 Å². The number of alkyl carbamates (subject to hydrolysis) is 1. The average Bonchev–Trinajstić information content (AvgIpc) is 2.92. The summed E-state index contributed by atoms with van der Waals surface area (Å²) in [5.74, 6) is 6.38. The van der Waals surface area contributed by atoms with Gasteiger partial charge in [-0.3, -0.25) is 4.79 Å². The second kappa shape index (κ2) is 16.9. The highest BCUT2D eigenvalue weighted by Gasteiger charge is 2.22. The number of nitrogens with two attached hydrogens (primary N) is 1. The number of ether oxygens (including phenoxy) is 2. The molecule has 0 atom stereocenters. The van der Waals surface area contributed by atoms with Crippen molar-refractivity contribution in [3.8, 4) is 11.8 Å². The van der Waals surface area contributed by atoms with Gasteiger partial charge in [0.1, 0.15) is 11.4 Å². The zero-order valence-corrected chi connectivity index (χ0v) is 27.3. The number of rotatable bonds is 11. The molecule has 0 aliphatic rings. The number of nitrogens with zero attached hydrogens (tertiary/aromatic N) is 2. The first-order valence-corrected chi connectivity index (χ1v) is 15.0. The van der Waals surface area contributed by atoms with Gasteiger partial charge in [0.15, 0.2) is 0 Å². The quantitative estimate of drug-likeness (QED) is 0.123. The average molecular weight is 606 g/mol. The summed E-state index contributed by atoms with van der Waals surface area (Å²) in [7, 11) is 0. The fraction of sp³-hybridized carbons (Fsp3) is 0.471. The smallest absolute Gasteiger partial charge is 0.435 e. The molecule has 0 aliphatic heterocycles. The summed E-state index contributed by atoms with van der Waals surface area (Å²) in [6.45, 7) is 16.2. The van der Waals surface area contributed by atoms with Crippen molar-refractivity contribution in [2.24, 2.45) is 10.7 Å². The minimum absolute atomic E-state index is 0.0733. The number of unbranched alkanes of at least 4 members (excludes halogenated alkanes) is 1. The number of aryl methyl sites for hydroxylation is 2. The highest BCUT2D eigenvalue weighted by Crippen LogP contribution is 2.26. The van der Waals surface area contributed by atoms with Crippen LogP contribution in [0.2, 0.25) is 0 Å². The molecule has 44 heavy (non-hydrogen) atoms. The Balaban J connectivity index is 2.01. The van der Waals surface area contributed by atoms with Gasteiger partial charge in [-0.15, -0.1) is 0 Å². The molecule has 0 aliphatic carbocycles. The van der Waals surface area contributed by atoms with Crippen molar-refractivity contribution in [1.82, 2.24) is 5.32 Å². The number of anilines is 2. The number of benzene rings is 2. The normalized spacial score (nSPS) is 11.3. The predicted molar refractivity (Wildman–Crippen MR) is 176 cm³/mol. The number of hydrogen-bond donors (Lipinski definition) is 3. The molecule has 4 N–H and O–H groups in total. The lowest BCUT2D eigenvalue weighted by Crippen LogP contribution is -2.40.